The minimum Gasteiger partial charge on any atom is -0.496 e. The number of nitrogens with zero attached hydrogens (tertiary/aromatic N) is 1. The van der Waals surface area contributed by atoms with Gasteiger partial charge in [-0.15, -0.1) is 0 Å². The van der Waals surface area contributed by atoms with Gasteiger partial charge in [-0.2, -0.15) is 0 Å². The summed E-state index contributed by atoms with van der Waals surface area (Å²) in [6.07, 6.45) is 1.65. The van der Waals surface area contributed by atoms with Crippen LogP contribution in [0.4, 0.5) is 5.69 Å². The van der Waals surface area contributed by atoms with E-state index in [9.17, 15) is 4.79 Å². The van der Waals surface area contributed by atoms with E-state index < -0.39 is 0 Å². The highest BCUT2D eigenvalue weighted by molar-refractivity contribution is 6.06. The van der Waals surface area contributed by atoms with Crippen LogP contribution in [0.25, 0.3) is 0 Å². The molecule has 0 bridgehead atoms. The Hall–Kier alpha value is -2.56. The Labute approximate surface area is 123 Å². The molecule has 110 valence electrons. The third-order valence-electron chi connectivity index (χ3n) is 3.18. The van der Waals surface area contributed by atoms with E-state index in [0.717, 1.165) is 11.3 Å². The summed E-state index contributed by atoms with van der Waals surface area (Å²) in [7, 11) is 3.12. The summed E-state index contributed by atoms with van der Waals surface area (Å²) in [5, 5.41) is 2.84. The van der Waals surface area contributed by atoms with E-state index in [0.29, 0.717) is 22.7 Å². The molecule has 21 heavy (non-hydrogen) atoms. The van der Waals surface area contributed by atoms with Gasteiger partial charge in [0.2, 0.25) is 0 Å². The molecule has 2 rings (SSSR count). The molecule has 0 saturated carbocycles. The zero-order valence-electron chi connectivity index (χ0n) is 12.6. The molecule has 0 unspecified atom stereocenters. The second kappa shape index (κ2) is 6.26. The average Bonchev–Trinajstić information content (AvgIpc) is 2.46. The zero-order chi connectivity index (χ0) is 15.4. The second-order valence-corrected chi connectivity index (χ2v) is 4.61. The lowest BCUT2D eigenvalue weighted by Crippen LogP contribution is -2.14. The van der Waals surface area contributed by atoms with Gasteiger partial charge in [0, 0.05) is 23.1 Å². The molecule has 5 nitrogen and oxygen atoms in total. The van der Waals surface area contributed by atoms with Crippen LogP contribution >= 0.6 is 0 Å². The molecule has 0 aliphatic heterocycles. The predicted molar refractivity (Wildman–Crippen MR) is 81.2 cm³/mol. The van der Waals surface area contributed by atoms with E-state index >= 15 is 0 Å². The lowest BCUT2D eigenvalue weighted by molar-refractivity contribution is 0.102. The average molecular weight is 286 g/mol. The standard InChI is InChI=1S/C16H18N2O3/c1-10-9-12(7-8-17-10)18-16(19)13-5-6-14(20-3)11(2)15(13)21-4/h5-9H,1-4H3,(H,17,18,19). The lowest BCUT2D eigenvalue weighted by atomic mass is 10.1. The molecule has 1 aromatic carbocycles. The fraction of sp³-hybridized carbons (Fsp3) is 0.250. The Balaban J connectivity index is 2.33. The van der Waals surface area contributed by atoms with Gasteiger partial charge in [-0.05, 0) is 38.1 Å². The summed E-state index contributed by atoms with van der Waals surface area (Å²) in [4.78, 5) is 16.5. The number of ether oxygens (including phenoxy) is 2. The maximum Gasteiger partial charge on any atom is 0.259 e. The molecule has 1 aromatic heterocycles. The highest BCUT2D eigenvalue weighted by Gasteiger charge is 2.17. The number of rotatable bonds is 4. The molecule has 0 saturated heterocycles. The van der Waals surface area contributed by atoms with Crippen molar-refractivity contribution in [2.75, 3.05) is 19.5 Å². The largest absolute Gasteiger partial charge is 0.496 e. The van der Waals surface area contributed by atoms with Crippen LogP contribution in [0.2, 0.25) is 0 Å². The number of hydrogen-bond donors (Lipinski definition) is 1. The molecule has 0 atom stereocenters. The van der Waals surface area contributed by atoms with Crippen molar-refractivity contribution in [2.45, 2.75) is 13.8 Å². The van der Waals surface area contributed by atoms with E-state index in [1.54, 1.807) is 37.6 Å². The number of amides is 1. The fourth-order valence-corrected chi connectivity index (χ4v) is 2.16. The van der Waals surface area contributed by atoms with Crippen LogP contribution in [0.1, 0.15) is 21.6 Å². The van der Waals surface area contributed by atoms with Gasteiger partial charge in [-0.1, -0.05) is 0 Å². The monoisotopic (exact) mass is 286 g/mol. The Morgan fingerprint density at radius 2 is 1.90 bits per heavy atom. The summed E-state index contributed by atoms with van der Waals surface area (Å²) in [5.41, 5.74) is 2.79. The number of pyridine rings is 1. The number of hydrogen-bond acceptors (Lipinski definition) is 4. The third kappa shape index (κ3) is 3.13. The first-order chi connectivity index (χ1) is 10.1. The smallest absolute Gasteiger partial charge is 0.259 e. The van der Waals surface area contributed by atoms with Gasteiger partial charge >= 0.3 is 0 Å². The number of methoxy groups -OCH3 is 2. The first-order valence-electron chi connectivity index (χ1n) is 6.52. The van der Waals surface area contributed by atoms with Crippen molar-refractivity contribution < 1.29 is 14.3 Å². The van der Waals surface area contributed by atoms with Crippen molar-refractivity contribution in [3.05, 3.63) is 47.3 Å². The number of aryl methyl sites for hydroxylation is 1. The minimum atomic E-state index is -0.233. The molecule has 1 N–H and O–H groups in total. The normalized spacial score (nSPS) is 10.1. The van der Waals surface area contributed by atoms with E-state index in [4.69, 9.17) is 9.47 Å². The predicted octanol–water partition coefficient (Wildman–Crippen LogP) is 2.97. The van der Waals surface area contributed by atoms with Crippen LogP contribution in [-0.4, -0.2) is 25.1 Å². The molecule has 5 heteroatoms. The maximum atomic E-state index is 12.4. The second-order valence-electron chi connectivity index (χ2n) is 4.61. The van der Waals surface area contributed by atoms with E-state index in [1.807, 2.05) is 13.8 Å². The van der Waals surface area contributed by atoms with Crippen LogP contribution in [0, 0.1) is 13.8 Å². The van der Waals surface area contributed by atoms with Crippen molar-refractivity contribution in [2.24, 2.45) is 0 Å². The van der Waals surface area contributed by atoms with Gasteiger partial charge in [0.05, 0.1) is 19.8 Å². The van der Waals surface area contributed by atoms with Gasteiger partial charge in [-0.3, -0.25) is 9.78 Å². The lowest BCUT2D eigenvalue weighted by Gasteiger charge is -2.14. The number of aromatic nitrogens is 1. The highest BCUT2D eigenvalue weighted by Crippen LogP contribution is 2.31. The molecule has 0 radical (unpaired) electrons. The van der Waals surface area contributed by atoms with Crippen molar-refractivity contribution >= 4 is 11.6 Å². The number of benzene rings is 1. The summed E-state index contributed by atoms with van der Waals surface area (Å²) >= 11 is 0. The maximum absolute atomic E-state index is 12.4. The van der Waals surface area contributed by atoms with Crippen LogP contribution in [0.3, 0.4) is 0 Å². The quantitative estimate of drug-likeness (QED) is 0.938. The van der Waals surface area contributed by atoms with Crippen LogP contribution < -0.4 is 14.8 Å². The number of nitrogens with one attached hydrogen (secondary N) is 1. The number of carbonyl (C=O) groups is 1. The van der Waals surface area contributed by atoms with Gasteiger partial charge in [0.1, 0.15) is 11.5 Å². The topological polar surface area (TPSA) is 60.5 Å². The van der Waals surface area contributed by atoms with Gasteiger partial charge in [-0.25, -0.2) is 0 Å². The Morgan fingerprint density at radius 1 is 1.14 bits per heavy atom. The molecule has 0 aliphatic carbocycles. The Morgan fingerprint density at radius 3 is 2.52 bits per heavy atom. The molecule has 1 amide bonds. The molecule has 0 fully saturated rings. The molecular formula is C16H18N2O3. The van der Waals surface area contributed by atoms with Crippen molar-refractivity contribution in [3.8, 4) is 11.5 Å². The van der Waals surface area contributed by atoms with Gasteiger partial charge in [0.15, 0.2) is 0 Å². The SMILES string of the molecule is COc1ccc(C(=O)Nc2ccnc(C)c2)c(OC)c1C. The Kier molecular flexibility index (Phi) is 4.42. The summed E-state index contributed by atoms with van der Waals surface area (Å²) in [6.45, 7) is 3.72. The third-order valence-corrected chi connectivity index (χ3v) is 3.18. The Bertz CT molecular complexity index is 669. The molecule has 0 spiro atoms. The van der Waals surface area contributed by atoms with E-state index in [-0.39, 0.29) is 5.91 Å². The summed E-state index contributed by atoms with van der Waals surface area (Å²) in [6, 6.07) is 6.99. The van der Waals surface area contributed by atoms with Crippen LogP contribution in [0.15, 0.2) is 30.5 Å². The van der Waals surface area contributed by atoms with Crippen LogP contribution in [0.5, 0.6) is 11.5 Å². The van der Waals surface area contributed by atoms with Crippen molar-refractivity contribution in [3.63, 3.8) is 0 Å². The molecule has 2 aromatic rings. The van der Waals surface area contributed by atoms with Crippen LogP contribution in [-0.2, 0) is 0 Å². The first kappa shape index (κ1) is 14.8. The van der Waals surface area contributed by atoms with Gasteiger partial charge < -0.3 is 14.8 Å². The van der Waals surface area contributed by atoms with Gasteiger partial charge in [0.25, 0.3) is 5.91 Å². The van der Waals surface area contributed by atoms with E-state index in [2.05, 4.69) is 10.3 Å². The van der Waals surface area contributed by atoms with Crippen molar-refractivity contribution in [1.82, 2.24) is 4.98 Å². The fourth-order valence-electron chi connectivity index (χ4n) is 2.16. The van der Waals surface area contributed by atoms with E-state index in [1.165, 1.54) is 7.11 Å². The summed E-state index contributed by atoms with van der Waals surface area (Å²) in [5.74, 6) is 0.962. The molecule has 1 heterocycles. The molecule has 0 aliphatic rings. The molecular weight excluding hydrogens is 268 g/mol. The zero-order valence-corrected chi connectivity index (χ0v) is 12.6. The number of carbonyl (C=O) groups excluding carboxylic acids is 1. The number of anilines is 1. The van der Waals surface area contributed by atoms with Crippen molar-refractivity contribution in [1.29, 1.82) is 0 Å². The first-order valence-corrected chi connectivity index (χ1v) is 6.52. The minimum absolute atomic E-state index is 0.233. The highest BCUT2D eigenvalue weighted by atomic mass is 16.5. The summed E-state index contributed by atoms with van der Waals surface area (Å²) < 4.78 is 10.6.